The van der Waals surface area contributed by atoms with E-state index in [4.69, 9.17) is 11.6 Å². The molecule has 0 bridgehead atoms. The van der Waals surface area contributed by atoms with Crippen molar-refractivity contribution >= 4 is 23.0 Å². The molecule has 0 unspecified atom stereocenters. The molecule has 0 amide bonds. The van der Waals surface area contributed by atoms with Gasteiger partial charge < -0.3 is 10.4 Å². The molecule has 1 aromatic rings. The summed E-state index contributed by atoms with van der Waals surface area (Å²) in [5.74, 6) is 0. The number of nitro benzene ring substituents is 1. The fourth-order valence-corrected chi connectivity index (χ4v) is 2.03. The minimum atomic E-state index is -0.466. The Bertz CT molecular complexity index is 439. The number of nitro groups is 1. The van der Waals surface area contributed by atoms with Crippen molar-refractivity contribution in [2.24, 2.45) is 5.41 Å². The molecule has 6 heteroatoms. The minimum Gasteiger partial charge on any atom is -0.396 e. The van der Waals surface area contributed by atoms with Gasteiger partial charge in [-0.1, -0.05) is 25.4 Å². The van der Waals surface area contributed by atoms with E-state index in [1.54, 1.807) is 12.1 Å². The van der Waals surface area contributed by atoms with Gasteiger partial charge in [-0.3, -0.25) is 10.1 Å². The lowest BCUT2D eigenvalue weighted by atomic mass is 9.83. The highest BCUT2D eigenvalue weighted by molar-refractivity contribution is 6.30. The van der Waals surface area contributed by atoms with E-state index < -0.39 is 4.92 Å². The lowest BCUT2D eigenvalue weighted by Crippen LogP contribution is -2.32. The van der Waals surface area contributed by atoms with Crippen LogP contribution in [0.25, 0.3) is 0 Å². The van der Waals surface area contributed by atoms with Crippen LogP contribution in [0.5, 0.6) is 0 Å². The summed E-state index contributed by atoms with van der Waals surface area (Å²) in [6.07, 6.45) is 1.60. The molecular formula is C13H19ClN2O3. The normalized spacial score (nSPS) is 11.4. The molecule has 0 radical (unpaired) electrons. The van der Waals surface area contributed by atoms with Crippen molar-refractivity contribution < 1.29 is 10.0 Å². The number of nitrogens with zero attached hydrogens (tertiary/aromatic N) is 1. The predicted octanol–water partition coefficient (Wildman–Crippen LogP) is 3.46. The van der Waals surface area contributed by atoms with Gasteiger partial charge in [-0.05, 0) is 25.0 Å². The van der Waals surface area contributed by atoms with Gasteiger partial charge in [0, 0.05) is 23.0 Å². The van der Waals surface area contributed by atoms with Crippen molar-refractivity contribution in [1.82, 2.24) is 0 Å². The summed E-state index contributed by atoms with van der Waals surface area (Å²) < 4.78 is 0. The number of anilines is 1. The second kappa shape index (κ2) is 6.73. The third-order valence-electron chi connectivity index (χ3n) is 3.65. The number of rotatable bonds is 7. The molecule has 1 rings (SSSR count). The molecular weight excluding hydrogens is 268 g/mol. The average Bonchev–Trinajstić information content (AvgIpc) is 2.42. The van der Waals surface area contributed by atoms with Crippen molar-refractivity contribution in [3.63, 3.8) is 0 Å². The zero-order valence-electron chi connectivity index (χ0n) is 11.1. The van der Waals surface area contributed by atoms with Gasteiger partial charge in [0.1, 0.15) is 5.69 Å². The smallest absolute Gasteiger partial charge is 0.293 e. The van der Waals surface area contributed by atoms with E-state index in [0.29, 0.717) is 17.3 Å². The van der Waals surface area contributed by atoms with E-state index in [-0.39, 0.29) is 17.7 Å². The highest BCUT2D eigenvalue weighted by atomic mass is 35.5. The molecule has 2 N–H and O–H groups in total. The number of aliphatic hydroxyl groups is 1. The van der Waals surface area contributed by atoms with Crippen molar-refractivity contribution in [3.8, 4) is 0 Å². The minimum absolute atomic E-state index is 0.0495. The van der Waals surface area contributed by atoms with Crippen LogP contribution >= 0.6 is 11.6 Å². The Hall–Kier alpha value is -1.33. The van der Waals surface area contributed by atoms with Crippen molar-refractivity contribution in [2.75, 3.05) is 18.5 Å². The summed E-state index contributed by atoms with van der Waals surface area (Å²) >= 11 is 5.76. The van der Waals surface area contributed by atoms with Gasteiger partial charge in [0.15, 0.2) is 0 Å². The molecule has 0 spiro atoms. The van der Waals surface area contributed by atoms with Gasteiger partial charge in [0.05, 0.1) is 11.5 Å². The molecule has 0 aliphatic rings. The summed E-state index contributed by atoms with van der Waals surface area (Å²) in [5, 5.41) is 23.8. The molecule has 0 saturated heterocycles. The highest BCUT2D eigenvalue weighted by Gasteiger charge is 2.26. The molecule has 0 saturated carbocycles. The lowest BCUT2D eigenvalue weighted by Gasteiger charge is -2.29. The van der Waals surface area contributed by atoms with E-state index in [1.807, 2.05) is 13.8 Å². The fourth-order valence-electron chi connectivity index (χ4n) is 1.87. The maximum absolute atomic E-state index is 11.0. The Balaban J connectivity index is 2.91. The van der Waals surface area contributed by atoms with Crippen LogP contribution in [-0.4, -0.2) is 23.2 Å². The Morgan fingerprint density at radius 3 is 2.53 bits per heavy atom. The Morgan fingerprint density at radius 1 is 1.42 bits per heavy atom. The SMILES string of the molecule is CCC(CC)(CO)CNc1ccc(Cl)cc1[N+](=O)[O-]. The molecule has 0 aromatic heterocycles. The molecule has 106 valence electrons. The average molecular weight is 287 g/mol. The molecule has 0 aliphatic carbocycles. The molecule has 19 heavy (non-hydrogen) atoms. The third-order valence-corrected chi connectivity index (χ3v) is 3.88. The standard InChI is InChI=1S/C13H19ClN2O3/c1-3-13(4-2,9-17)8-15-11-6-5-10(14)7-12(11)16(18)19/h5-7,15,17H,3-4,8-9H2,1-2H3. The lowest BCUT2D eigenvalue weighted by molar-refractivity contribution is -0.384. The largest absolute Gasteiger partial charge is 0.396 e. The van der Waals surface area contributed by atoms with Gasteiger partial charge >= 0.3 is 0 Å². The monoisotopic (exact) mass is 286 g/mol. The van der Waals surface area contributed by atoms with Gasteiger partial charge in [-0.15, -0.1) is 0 Å². The van der Waals surface area contributed by atoms with E-state index in [9.17, 15) is 15.2 Å². The molecule has 0 atom stereocenters. The number of nitrogens with one attached hydrogen (secondary N) is 1. The van der Waals surface area contributed by atoms with Gasteiger partial charge in [-0.2, -0.15) is 0 Å². The first kappa shape index (κ1) is 15.7. The third kappa shape index (κ3) is 3.81. The number of hydrogen-bond acceptors (Lipinski definition) is 4. The van der Waals surface area contributed by atoms with E-state index in [0.717, 1.165) is 12.8 Å². The van der Waals surface area contributed by atoms with Crippen LogP contribution in [0.2, 0.25) is 5.02 Å². The summed E-state index contributed by atoms with van der Waals surface area (Å²) in [6.45, 7) is 4.53. The van der Waals surface area contributed by atoms with Crippen molar-refractivity contribution in [2.45, 2.75) is 26.7 Å². The summed E-state index contributed by atoms with van der Waals surface area (Å²) in [6, 6.07) is 4.52. The van der Waals surface area contributed by atoms with Crippen LogP contribution in [0.4, 0.5) is 11.4 Å². The zero-order valence-corrected chi connectivity index (χ0v) is 11.9. The maximum atomic E-state index is 11.0. The fraction of sp³-hybridized carbons (Fsp3) is 0.538. The number of aliphatic hydroxyl groups excluding tert-OH is 1. The zero-order chi connectivity index (χ0) is 14.5. The van der Waals surface area contributed by atoms with Crippen molar-refractivity contribution in [1.29, 1.82) is 0 Å². The maximum Gasteiger partial charge on any atom is 0.293 e. The Labute approximate surface area is 117 Å². The van der Waals surface area contributed by atoms with Crippen LogP contribution in [0, 0.1) is 15.5 Å². The van der Waals surface area contributed by atoms with Crippen LogP contribution in [0.1, 0.15) is 26.7 Å². The van der Waals surface area contributed by atoms with Crippen LogP contribution in [-0.2, 0) is 0 Å². The molecule has 0 aliphatic heterocycles. The molecule has 0 fully saturated rings. The van der Waals surface area contributed by atoms with Gasteiger partial charge in [-0.25, -0.2) is 0 Å². The first-order valence-electron chi connectivity index (χ1n) is 6.26. The summed E-state index contributed by atoms with van der Waals surface area (Å²) in [4.78, 5) is 10.5. The van der Waals surface area contributed by atoms with Crippen LogP contribution in [0.15, 0.2) is 18.2 Å². The molecule has 1 aromatic carbocycles. The van der Waals surface area contributed by atoms with Gasteiger partial charge in [0.25, 0.3) is 5.69 Å². The second-order valence-electron chi connectivity index (χ2n) is 4.64. The Kier molecular flexibility index (Phi) is 5.57. The number of halogens is 1. The Morgan fingerprint density at radius 2 is 2.05 bits per heavy atom. The molecule has 5 nitrogen and oxygen atoms in total. The quantitative estimate of drug-likeness (QED) is 0.594. The van der Waals surface area contributed by atoms with Gasteiger partial charge in [0.2, 0.25) is 0 Å². The van der Waals surface area contributed by atoms with Crippen molar-refractivity contribution in [3.05, 3.63) is 33.3 Å². The van der Waals surface area contributed by atoms with E-state index in [2.05, 4.69) is 5.32 Å². The van der Waals surface area contributed by atoms with Crippen LogP contribution in [0.3, 0.4) is 0 Å². The van der Waals surface area contributed by atoms with Crippen LogP contribution < -0.4 is 5.32 Å². The molecule has 0 heterocycles. The summed E-state index contributed by atoms with van der Waals surface area (Å²) in [5.41, 5.74) is 0.119. The predicted molar refractivity (Wildman–Crippen MR) is 76.7 cm³/mol. The number of benzene rings is 1. The van der Waals surface area contributed by atoms with E-state index in [1.165, 1.54) is 6.07 Å². The topological polar surface area (TPSA) is 75.4 Å². The number of hydrogen-bond donors (Lipinski definition) is 2. The first-order valence-corrected chi connectivity index (χ1v) is 6.64. The summed E-state index contributed by atoms with van der Waals surface area (Å²) in [7, 11) is 0. The first-order chi connectivity index (χ1) is 8.98. The highest BCUT2D eigenvalue weighted by Crippen LogP contribution is 2.31. The second-order valence-corrected chi connectivity index (χ2v) is 5.07. The van der Waals surface area contributed by atoms with E-state index >= 15 is 0 Å².